The largest absolute Gasteiger partial charge is 0.373 e. The highest BCUT2D eigenvalue weighted by atomic mass is 16.5. The Morgan fingerprint density at radius 2 is 1.89 bits per heavy atom. The van der Waals surface area contributed by atoms with Gasteiger partial charge in [0.05, 0.1) is 12.2 Å². The van der Waals surface area contributed by atoms with Gasteiger partial charge in [-0.15, -0.1) is 0 Å². The first-order chi connectivity index (χ1) is 8.83. The van der Waals surface area contributed by atoms with Gasteiger partial charge >= 0.3 is 0 Å². The third kappa shape index (κ3) is 3.96. The molecule has 2 fully saturated rings. The number of ether oxygens (including phenoxy) is 1. The summed E-state index contributed by atoms with van der Waals surface area (Å²) >= 11 is 0. The second-order valence-corrected chi connectivity index (χ2v) is 6.23. The molecule has 0 aromatic carbocycles. The lowest BCUT2D eigenvalue weighted by Crippen LogP contribution is -2.40. The highest BCUT2D eigenvalue weighted by Crippen LogP contribution is 2.32. The Bertz CT molecular complexity index is 231. The average molecular weight is 253 g/mol. The zero-order valence-corrected chi connectivity index (χ0v) is 12.3. The van der Waals surface area contributed by atoms with E-state index in [1.165, 1.54) is 57.8 Å². The second-order valence-electron chi connectivity index (χ2n) is 6.23. The van der Waals surface area contributed by atoms with Crippen molar-refractivity contribution in [3.05, 3.63) is 0 Å². The third-order valence-corrected chi connectivity index (χ3v) is 4.79. The minimum absolute atomic E-state index is 0.497. The molecule has 0 amide bonds. The summed E-state index contributed by atoms with van der Waals surface area (Å²) in [5, 5.41) is 3.67. The highest BCUT2D eigenvalue weighted by Gasteiger charge is 2.31. The van der Waals surface area contributed by atoms with Crippen LogP contribution in [0.15, 0.2) is 0 Å². The van der Waals surface area contributed by atoms with Crippen LogP contribution in [-0.4, -0.2) is 24.8 Å². The maximum Gasteiger partial charge on any atom is 0.0731 e. The molecule has 2 nitrogen and oxygen atoms in total. The summed E-state index contributed by atoms with van der Waals surface area (Å²) in [5.41, 5.74) is 0. The average Bonchev–Trinajstić information content (AvgIpc) is 2.84. The van der Waals surface area contributed by atoms with E-state index < -0.39 is 0 Å². The molecule has 2 aliphatic carbocycles. The van der Waals surface area contributed by atoms with E-state index in [2.05, 4.69) is 19.2 Å². The fourth-order valence-corrected chi connectivity index (χ4v) is 3.64. The van der Waals surface area contributed by atoms with Crippen LogP contribution in [0.2, 0.25) is 0 Å². The molecule has 2 saturated carbocycles. The van der Waals surface area contributed by atoms with Gasteiger partial charge in [-0.05, 0) is 51.0 Å². The zero-order chi connectivity index (χ0) is 12.8. The summed E-state index contributed by atoms with van der Waals surface area (Å²) in [7, 11) is 0. The lowest BCUT2D eigenvalue weighted by Gasteiger charge is -2.32. The quantitative estimate of drug-likeness (QED) is 0.775. The first kappa shape index (κ1) is 14.3. The molecule has 2 heteroatoms. The van der Waals surface area contributed by atoms with Crippen molar-refractivity contribution in [2.24, 2.45) is 5.92 Å². The Balaban J connectivity index is 1.76. The maximum absolute atomic E-state index is 6.43. The molecule has 0 aromatic heterocycles. The monoisotopic (exact) mass is 253 g/mol. The molecule has 2 rings (SSSR count). The van der Waals surface area contributed by atoms with Gasteiger partial charge in [-0.2, -0.15) is 0 Å². The van der Waals surface area contributed by atoms with E-state index in [0.717, 1.165) is 12.5 Å². The van der Waals surface area contributed by atoms with E-state index in [4.69, 9.17) is 4.74 Å². The molecule has 106 valence electrons. The number of rotatable bonds is 6. The number of hydrogen-bond acceptors (Lipinski definition) is 2. The van der Waals surface area contributed by atoms with E-state index in [9.17, 15) is 0 Å². The van der Waals surface area contributed by atoms with Crippen LogP contribution in [0.1, 0.15) is 71.6 Å². The lowest BCUT2D eigenvalue weighted by molar-refractivity contribution is -0.0476. The Kier molecular flexibility index (Phi) is 5.97. The van der Waals surface area contributed by atoms with Crippen molar-refractivity contribution in [2.45, 2.75) is 89.9 Å². The van der Waals surface area contributed by atoms with Gasteiger partial charge in [-0.3, -0.25) is 0 Å². The van der Waals surface area contributed by atoms with E-state index in [-0.39, 0.29) is 0 Å². The molecule has 18 heavy (non-hydrogen) atoms. The molecule has 0 radical (unpaired) electrons. The predicted octanol–water partition coefficient (Wildman–Crippen LogP) is 3.89. The molecular weight excluding hydrogens is 222 g/mol. The standard InChI is InChI=1S/C16H31NO/c1-3-11-17-15-9-6-10-16(15)18-14-8-5-7-13(4-2)12-14/h13-17H,3-12H2,1-2H3. The molecule has 4 unspecified atom stereocenters. The van der Waals surface area contributed by atoms with Crippen molar-refractivity contribution < 1.29 is 4.74 Å². The predicted molar refractivity (Wildman–Crippen MR) is 76.8 cm³/mol. The summed E-state index contributed by atoms with van der Waals surface area (Å²) < 4.78 is 6.43. The van der Waals surface area contributed by atoms with E-state index >= 15 is 0 Å². The van der Waals surface area contributed by atoms with Crippen LogP contribution in [0.4, 0.5) is 0 Å². The molecule has 0 aromatic rings. The van der Waals surface area contributed by atoms with Crippen LogP contribution in [0.25, 0.3) is 0 Å². The minimum Gasteiger partial charge on any atom is -0.373 e. The second kappa shape index (κ2) is 7.49. The maximum atomic E-state index is 6.43. The van der Waals surface area contributed by atoms with Crippen LogP contribution in [0.5, 0.6) is 0 Å². The summed E-state index contributed by atoms with van der Waals surface area (Å²) in [4.78, 5) is 0. The zero-order valence-electron chi connectivity index (χ0n) is 12.3. The molecule has 0 aliphatic heterocycles. The van der Waals surface area contributed by atoms with Crippen LogP contribution >= 0.6 is 0 Å². The van der Waals surface area contributed by atoms with Gasteiger partial charge in [0.25, 0.3) is 0 Å². The number of nitrogens with one attached hydrogen (secondary N) is 1. The van der Waals surface area contributed by atoms with Crippen LogP contribution in [0, 0.1) is 5.92 Å². The Labute approximate surface area is 113 Å². The van der Waals surface area contributed by atoms with Gasteiger partial charge in [0.15, 0.2) is 0 Å². The molecule has 2 aliphatic rings. The van der Waals surface area contributed by atoms with Crippen LogP contribution in [-0.2, 0) is 4.74 Å². The summed E-state index contributed by atoms with van der Waals surface area (Å²) in [6.45, 7) is 5.71. The van der Waals surface area contributed by atoms with E-state index in [1.807, 2.05) is 0 Å². The molecule has 0 spiro atoms. The van der Waals surface area contributed by atoms with Crippen LogP contribution < -0.4 is 5.32 Å². The molecule has 4 atom stereocenters. The van der Waals surface area contributed by atoms with Crippen molar-refractivity contribution in [3.8, 4) is 0 Å². The number of hydrogen-bond donors (Lipinski definition) is 1. The van der Waals surface area contributed by atoms with Crippen molar-refractivity contribution in [2.75, 3.05) is 6.54 Å². The van der Waals surface area contributed by atoms with Crippen molar-refractivity contribution in [1.82, 2.24) is 5.32 Å². The lowest BCUT2D eigenvalue weighted by atomic mass is 9.85. The fraction of sp³-hybridized carbons (Fsp3) is 1.00. The third-order valence-electron chi connectivity index (χ3n) is 4.79. The Hall–Kier alpha value is -0.0800. The van der Waals surface area contributed by atoms with E-state index in [0.29, 0.717) is 18.2 Å². The van der Waals surface area contributed by atoms with Crippen molar-refractivity contribution in [1.29, 1.82) is 0 Å². The fourth-order valence-electron chi connectivity index (χ4n) is 3.64. The van der Waals surface area contributed by atoms with Gasteiger partial charge in [0, 0.05) is 6.04 Å². The van der Waals surface area contributed by atoms with Gasteiger partial charge in [-0.1, -0.05) is 33.1 Å². The smallest absolute Gasteiger partial charge is 0.0731 e. The normalized spacial score (nSPS) is 37.0. The Morgan fingerprint density at radius 3 is 2.67 bits per heavy atom. The van der Waals surface area contributed by atoms with Gasteiger partial charge in [0.2, 0.25) is 0 Å². The summed E-state index contributed by atoms with van der Waals surface area (Å²) in [6.07, 6.45) is 13.0. The summed E-state index contributed by atoms with van der Waals surface area (Å²) in [6, 6.07) is 0.631. The molecule has 0 saturated heterocycles. The first-order valence-electron chi connectivity index (χ1n) is 8.22. The van der Waals surface area contributed by atoms with E-state index in [1.54, 1.807) is 0 Å². The van der Waals surface area contributed by atoms with Gasteiger partial charge < -0.3 is 10.1 Å². The highest BCUT2D eigenvalue weighted by molar-refractivity contribution is 4.86. The molecular formula is C16H31NO. The molecule has 1 N–H and O–H groups in total. The Morgan fingerprint density at radius 1 is 1.06 bits per heavy atom. The SMILES string of the molecule is CCCNC1CCCC1OC1CCCC(CC)C1. The van der Waals surface area contributed by atoms with Crippen molar-refractivity contribution in [3.63, 3.8) is 0 Å². The topological polar surface area (TPSA) is 21.3 Å². The van der Waals surface area contributed by atoms with Gasteiger partial charge in [-0.25, -0.2) is 0 Å². The minimum atomic E-state index is 0.497. The first-order valence-corrected chi connectivity index (χ1v) is 8.22. The summed E-state index contributed by atoms with van der Waals surface area (Å²) in [5.74, 6) is 0.923. The van der Waals surface area contributed by atoms with Crippen LogP contribution in [0.3, 0.4) is 0 Å². The van der Waals surface area contributed by atoms with Gasteiger partial charge in [0.1, 0.15) is 0 Å². The van der Waals surface area contributed by atoms with Crippen molar-refractivity contribution >= 4 is 0 Å². The molecule has 0 heterocycles. The molecule has 0 bridgehead atoms.